The van der Waals surface area contributed by atoms with Crippen molar-refractivity contribution in [3.63, 3.8) is 0 Å². The first-order chi connectivity index (χ1) is 22.7. The minimum atomic E-state index is -5.93. The van der Waals surface area contributed by atoms with Crippen LogP contribution in [-0.4, -0.2) is 63.6 Å². The number of hydrogen-bond acceptors (Lipinski definition) is 5. The lowest BCUT2D eigenvalue weighted by molar-refractivity contribution is -0.362. The largest absolute Gasteiger partial charge is 0.478 e. The molecule has 0 amide bonds. The zero-order chi connectivity index (χ0) is 35.8. The van der Waals surface area contributed by atoms with Crippen LogP contribution in [0, 0.1) is 34.5 Å². The maximum atomic E-state index is 15.4. The van der Waals surface area contributed by atoms with Crippen molar-refractivity contribution >= 4 is 5.97 Å². The Balaban J connectivity index is 1.43. The molecule has 1 heterocycles. The Kier molecular flexibility index (Phi) is 8.75. The van der Waals surface area contributed by atoms with E-state index in [0.29, 0.717) is 50.0 Å². The molecule has 4 fully saturated rings. The third kappa shape index (κ3) is 5.75. The van der Waals surface area contributed by atoms with Gasteiger partial charge >= 0.3 is 18.1 Å². The molecule has 268 valence electrons. The molecule has 6 nitrogen and oxygen atoms in total. The minimum absolute atomic E-state index is 0.00858. The predicted molar refractivity (Wildman–Crippen MR) is 170 cm³/mol. The lowest BCUT2D eigenvalue weighted by Crippen LogP contribution is -2.65. The van der Waals surface area contributed by atoms with Gasteiger partial charge in [0.05, 0.1) is 18.8 Å². The molecule has 1 aromatic carbocycles. The first-order valence-electron chi connectivity index (χ1n) is 17.2. The van der Waals surface area contributed by atoms with Crippen LogP contribution < -0.4 is 0 Å². The van der Waals surface area contributed by atoms with E-state index in [1.165, 1.54) is 13.0 Å². The van der Waals surface area contributed by atoms with Crippen LogP contribution in [0.4, 0.5) is 22.0 Å². The van der Waals surface area contributed by atoms with Gasteiger partial charge in [0.2, 0.25) is 0 Å². The van der Waals surface area contributed by atoms with E-state index in [1.54, 1.807) is 31.2 Å². The zero-order valence-electron chi connectivity index (χ0n) is 28.4. The number of rotatable bonds is 4. The van der Waals surface area contributed by atoms with E-state index >= 15 is 8.78 Å². The Morgan fingerprint density at radius 3 is 2.24 bits per heavy atom. The average molecular weight is 693 g/mol. The number of benzene rings is 1. The Labute approximate surface area is 283 Å². The first-order valence-corrected chi connectivity index (χ1v) is 17.2. The fourth-order valence-corrected chi connectivity index (χ4v) is 9.63. The van der Waals surface area contributed by atoms with E-state index in [4.69, 9.17) is 9.47 Å². The fraction of sp³-hybridized carbons (Fsp3) is 0.658. The number of aliphatic hydroxyl groups is 2. The number of carbonyl (C=O) groups is 1. The lowest BCUT2D eigenvalue weighted by Gasteiger charge is -2.59. The van der Waals surface area contributed by atoms with Gasteiger partial charge < -0.3 is 24.8 Å². The van der Waals surface area contributed by atoms with E-state index in [1.807, 2.05) is 13.8 Å². The third-order valence-electron chi connectivity index (χ3n) is 12.3. The van der Waals surface area contributed by atoms with Crippen LogP contribution in [0.5, 0.6) is 0 Å². The second-order valence-corrected chi connectivity index (χ2v) is 15.9. The molecule has 6 atom stereocenters. The van der Waals surface area contributed by atoms with Gasteiger partial charge in [-0.25, -0.2) is 4.79 Å². The van der Waals surface area contributed by atoms with Gasteiger partial charge in [-0.2, -0.15) is 22.0 Å². The van der Waals surface area contributed by atoms with Crippen LogP contribution in [0.25, 0.3) is 0 Å². The molecule has 4 aliphatic carbocycles. The molecule has 11 heteroatoms. The molecule has 1 saturated heterocycles. The topological polar surface area (TPSA) is 96.2 Å². The van der Waals surface area contributed by atoms with Crippen LogP contribution in [0.2, 0.25) is 0 Å². The number of aliphatic carboxylic acids is 1. The molecule has 1 aromatic rings. The van der Waals surface area contributed by atoms with Gasteiger partial charge in [0.1, 0.15) is 5.60 Å². The van der Waals surface area contributed by atoms with E-state index < -0.39 is 64.6 Å². The van der Waals surface area contributed by atoms with Gasteiger partial charge in [-0.3, -0.25) is 0 Å². The predicted octanol–water partition coefficient (Wildman–Crippen LogP) is 7.68. The smallest absolute Gasteiger partial charge is 0.456 e. The molecule has 0 aromatic heterocycles. The maximum Gasteiger partial charge on any atom is 0.456 e. The summed E-state index contributed by atoms with van der Waals surface area (Å²) in [5.74, 6) is -3.40. The Hall–Kier alpha value is -2.78. The van der Waals surface area contributed by atoms with Crippen molar-refractivity contribution in [2.75, 3.05) is 13.2 Å². The Morgan fingerprint density at radius 1 is 1.00 bits per heavy atom. The lowest BCUT2D eigenvalue weighted by atomic mass is 9.49. The van der Waals surface area contributed by atoms with Crippen molar-refractivity contribution in [2.24, 2.45) is 22.7 Å². The minimum Gasteiger partial charge on any atom is -0.478 e. The van der Waals surface area contributed by atoms with Gasteiger partial charge in [-0.15, -0.1) is 0 Å². The Morgan fingerprint density at radius 2 is 1.65 bits per heavy atom. The Bertz CT molecular complexity index is 1610. The van der Waals surface area contributed by atoms with E-state index in [9.17, 15) is 33.3 Å². The molecule has 0 radical (unpaired) electrons. The summed E-state index contributed by atoms with van der Waals surface area (Å²) in [5.41, 5.74) is -3.54. The molecule has 6 rings (SSSR count). The summed E-state index contributed by atoms with van der Waals surface area (Å²) in [4.78, 5) is 11.3. The van der Waals surface area contributed by atoms with E-state index in [2.05, 4.69) is 11.8 Å². The maximum absolute atomic E-state index is 15.4. The standard InChI is InChI=1S/C38H45F5O6/c1-5-24(31(44)45)8-6-7-23-9-11-25(12-10-23)27-19-33(4)28(15-18-36(33,47)37(39,40)38(41,42)43)26-13-16-34(46)20-35(17-14-29(34)30(26)27)48-21-32(2,3)22-49-35/h8-12,26-28,46-47H,5,13-22H2,1-4H3,(H,44,45)/t26-,27+,28-,33-,34+,36-/m0/s1. The van der Waals surface area contributed by atoms with Gasteiger partial charge in [-0.05, 0) is 86.1 Å². The first kappa shape index (κ1) is 36.0. The highest BCUT2D eigenvalue weighted by molar-refractivity contribution is 5.87. The summed E-state index contributed by atoms with van der Waals surface area (Å²) in [6.45, 7) is 8.11. The third-order valence-corrected chi connectivity index (χ3v) is 12.3. The number of fused-ring (bicyclic) bond motifs is 4. The van der Waals surface area contributed by atoms with Crippen LogP contribution >= 0.6 is 0 Å². The highest BCUT2D eigenvalue weighted by Crippen LogP contribution is 2.71. The van der Waals surface area contributed by atoms with Crippen LogP contribution in [0.1, 0.15) is 103 Å². The number of ether oxygens (including phenoxy) is 2. The summed E-state index contributed by atoms with van der Waals surface area (Å²) in [5, 5.41) is 33.2. The van der Waals surface area contributed by atoms with Crippen molar-refractivity contribution in [2.45, 2.75) is 120 Å². The molecule has 0 unspecified atom stereocenters. The quantitative estimate of drug-likeness (QED) is 0.130. The molecule has 1 aliphatic heterocycles. The molecular weight excluding hydrogens is 647 g/mol. The van der Waals surface area contributed by atoms with Gasteiger partial charge in [0.15, 0.2) is 5.79 Å². The molecule has 49 heavy (non-hydrogen) atoms. The van der Waals surface area contributed by atoms with Crippen molar-refractivity contribution < 1.29 is 51.5 Å². The molecule has 1 spiro atoms. The highest BCUT2D eigenvalue weighted by atomic mass is 19.4. The normalized spacial score (nSPS) is 35.6. The highest BCUT2D eigenvalue weighted by Gasteiger charge is 2.79. The van der Waals surface area contributed by atoms with Crippen LogP contribution in [-0.2, 0) is 14.3 Å². The monoisotopic (exact) mass is 692 g/mol. The molecular formula is C38H45F5O6. The van der Waals surface area contributed by atoms with Gasteiger partial charge in [0, 0.05) is 40.7 Å². The summed E-state index contributed by atoms with van der Waals surface area (Å²) in [6.07, 6.45) is -3.41. The fourth-order valence-electron chi connectivity index (χ4n) is 9.63. The molecule has 5 aliphatic rings. The number of alkyl halides is 5. The number of carboxylic acid groups (broad SMARTS) is 1. The second-order valence-electron chi connectivity index (χ2n) is 15.9. The van der Waals surface area contributed by atoms with Crippen molar-refractivity contribution in [1.82, 2.24) is 0 Å². The average Bonchev–Trinajstić information content (AvgIpc) is 3.31. The van der Waals surface area contributed by atoms with Crippen LogP contribution in [0.15, 0.2) is 47.1 Å². The SMILES string of the molecule is CCC(=CC#Cc1ccc([C@H]2C[C@@]3(C)[C@@H](CC[C@@]3(O)C(F)(F)C(F)(F)F)[C@@H]3CC[C@@]4(O)CC5(CCC4=C32)OCC(C)(C)CO5)cc1)C(=O)O. The summed E-state index contributed by atoms with van der Waals surface area (Å²) < 4.78 is 85.1. The van der Waals surface area contributed by atoms with Crippen molar-refractivity contribution in [3.8, 4) is 11.8 Å². The summed E-state index contributed by atoms with van der Waals surface area (Å²) in [6, 6.07) is 6.93. The van der Waals surface area contributed by atoms with E-state index in [0.717, 1.165) is 11.1 Å². The summed E-state index contributed by atoms with van der Waals surface area (Å²) in [7, 11) is 0. The number of carboxylic acids is 1. The molecule has 3 saturated carbocycles. The van der Waals surface area contributed by atoms with Gasteiger partial charge in [-0.1, -0.05) is 57.2 Å². The van der Waals surface area contributed by atoms with Crippen molar-refractivity contribution in [3.05, 3.63) is 58.2 Å². The number of allylic oxidation sites excluding steroid dienone is 2. The second kappa shape index (κ2) is 11.9. The molecule has 0 bridgehead atoms. The van der Waals surface area contributed by atoms with Crippen molar-refractivity contribution in [1.29, 1.82) is 0 Å². The number of halogens is 5. The zero-order valence-corrected chi connectivity index (χ0v) is 28.4. The summed E-state index contributed by atoms with van der Waals surface area (Å²) >= 11 is 0. The van der Waals surface area contributed by atoms with E-state index in [-0.39, 0.29) is 36.7 Å². The van der Waals surface area contributed by atoms with Gasteiger partial charge in [0.25, 0.3) is 0 Å². The number of hydrogen-bond donors (Lipinski definition) is 3. The van der Waals surface area contributed by atoms with Crippen LogP contribution in [0.3, 0.4) is 0 Å². The molecule has 3 N–H and O–H groups in total.